The maximum Gasteiger partial charge on any atom is 0.231 e. The zero-order valence-electron chi connectivity index (χ0n) is 13.3. The Morgan fingerprint density at radius 1 is 1.10 bits per heavy atom. The summed E-state index contributed by atoms with van der Waals surface area (Å²) in [7, 11) is 0. The summed E-state index contributed by atoms with van der Waals surface area (Å²) >= 11 is 0. The number of hydrogen-bond acceptors (Lipinski definition) is 5. The predicted octanol–water partition coefficient (Wildman–Crippen LogP) is 2.72. The SMILES string of the molecule is CC(C)NCc1cc2c(cc1OCCOC(C)C)OCO2. The Balaban J connectivity index is 2.02. The van der Waals surface area contributed by atoms with Gasteiger partial charge >= 0.3 is 0 Å². The molecule has 1 aromatic rings. The molecule has 2 rings (SSSR count). The second-order valence-corrected chi connectivity index (χ2v) is 5.62. The van der Waals surface area contributed by atoms with Gasteiger partial charge in [0.15, 0.2) is 11.5 Å². The third-order valence-corrected chi connectivity index (χ3v) is 3.05. The monoisotopic (exact) mass is 295 g/mol. The molecule has 0 amide bonds. The van der Waals surface area contributed by atoms with E-state index in [9.17, 15) is 0 Å². The lowest BCUT2D eigenvalue weighted by molar-refractivity contribution is 0.0550. The van der Waals surface area contributed by atoms with E-state index in [1.54, 1.807) is 0 Å². The first-order valence-electron chi connectivity index (χ1n) is 7.46. The van der Waals surface area contributed by atoms with Gasteiger partial charge in [0.05, 0.1) is 12.7 Å². The largest absolute Gasteiger partial charge is 0.491 e. The Morgan fingerprint density at radius 3 is 2.48 bits per heavy atom. The van der Waals surface area contributed by atoms with Gasteiger partial charge in [-0.05, 0) is 19.9 Å². The van der Waals surface area contributed by atoms with Gasteiger partial charge in [-0.25, -0.2) is 0 Å². The molecule has 0 aliphatic carbocycles. The highest BCUT2D eigenvalue weighted by atomic mass is 16.7. The molecule has 1 heterocycles. The van der Waals surface area contributed by atoms with Crippen molar-refractivity contribution < 1.29 is 18.9 Å². The minimum atomic E-state index is 0.215. The molecule has 1 aromatic carbocycles. The molecule has 0 bridgehead atoms. The molecule has 118 valence electrons. The zero-order valence-corrected chi connectivity index (χ0v) is 13.3. The average molecular weight is 295 g/mol. The van der Waals surface area contributed by atoms with Crippen LogP contribution in [0.15, 0.2) is 12.1 Å². The molecule has 0 aromatic heterocycles. The molecular formula is C16H25NO4. The van der Waals surface area contributed by atoms with Crippen molar-refractivity contribution in [3.8, 4) is 17.2 Å². The molecule has 0 saturated carbocycles. The average Bonchev–Trinajstić information content (AvgIpc) is 2.87. The second-order valence-electron chi connectivity index (χ2n) is 5.62. The van der Waals surface area contributed by atoms with Crippen molar-refractivity contribution in [3.05, 3.63) is 17.7 Å². The van der Waals surface area contributed by atoms with Gasteiger partial charge < -0.3 is 24.3 Å². The van der Waals surface area contributed by atoms with E-state index < -0.39 is 0 Å². The van der Waals surface area contributed by atoms with Crippen molar-refractivity contribution in [3.63, 3.8) is 0 Å². The van der Waals surface area contributed by atoms with Crippen molar-refractivity contribution in [1.29, 1.82) is 0 Å². The van der Waals surface area contributed by atoms with Crippen LogP contribution in [0.1, 0.15) is 33.3 Å². The van der Waals surface area contributed by atoms with Crippen molar-refractivity contribution in [2.45, 2.75) is 46.4 Å². The van der Waals surface area contributed by atoms with Crippen LogP contribution in [-0.2, 0) is 11.3 Å². The molecule has 0 saturated heterocycles. The second kappa shape index (κ2) is 7.52. The summed E-state index contributed by atoms with van der Waals surface area (Å²) in [5, 5.41) is 3.39. The van der Waals surface area contributed by atoms with E-state index >= 15 is 0 Å². The molecule has 5 nitrogen and oxygen atoms in total. The molecule has 1 aliphatic heterocycles. The van der Waals surface area contributed by atoms with E-state index in [0.717, 1.165) is 29.4 Å². The molecule has 5 heteroatoms. The fourth-order valence-electron chi connectivity index (χ4n) is 1.99. The molecular weight excluding hydrogens is 270 g/mol. The van der Waals surface area contributed by atoms with Gasteiger partial charge in [0, 0.05) is 24.2 Å². The van der Waals surface area contributed by atoms with E-state index in [-0.39, 0.29) is 12.9 Å². The third-order valence-electron chi connectivity index (χ3n) is 3.05. The summed E-state index contributed by atoms with van der Waals surface area (Å²) < 4.78 is 22.2. The normalized spacial score (nSPS) is 13.2. The highest BCUT2D eigenvalue weighted by Crippen LogP contribution is 2.38. The Kier molecular flexibility index (Phi) is 5.70. The van der Waals surface area contributed by atoms with Crippen LogP contribution in [0.3, 0.4) is 0 Å². The summed E-state index contributed by atoms with van der Waals surface area (Å²) in [6.45, 7) is 10.3. The number of hydrogen-bond donors (Lipinski definition) is 1. The summed E-state index contributed by atoms with van der Waals surface area (Å²) in [6, 6.07) is 4.29. The highest BCUT2D eigenvalue weighted by molar-refractivity contribution is 5.51. The minimum Gasteiger partial charge on any atom is -0.491 e. The maximum atomic E-state index is 5.84. The lowest BCUT2D eigenvalue weighted by Crippen LogP contribution is -2.22. The van der Waals surface area contributed by atoms with Crippen LogP contribution in [0.5, 0.6) is 17.2 Å². The van der Waals surface area contributed by atoms with Crippen LogP contribution in [0.4, 0.5) is 0 Å². The molecule has 21 heavy (non-hydrogen) atoms. The first kappa shape index (κ1) is 15.9. The number of ether oxygens (including phenoxy) is 4. The van der Waals surface area contributed by atoms with E-state index in [1.165, 1.54) is 0 Å². The number of rotatable bonds is 8. The predicted molar refractivity (Wildman–Crippen MR) is 81.1 cm³/mol. The Morgan fingerprint density at radius 2 is 1.81 bits per heavy atom. The van der Waals surface area contributed by atoms with Crippen molar-refractivity contribution >= 4 is 0 Å². The summed E-state index contributed by atoms with van der Waals surface area (Å²) in [4.78, 5) is 0. The Labute approximate surface area is 126 Å². The Bertz CT molecular complexity index is 460. The Hall–Kier alpha value is -1.46. The van der Waals surface area contributed by atoms with Crippen molar-refractivity contribution in [2.24, 2.45) is 0 Å². The van der Waals surface area contributed by atoms with Crippen LogP contribution in [0.2, 0.25) is 0 Å². The smallest absolute Gasteiger partial charge is 0.231 e. The summed E-state index contributed by atoms with van der Waals surface area (Å²) in [5.74, 6) is 2.34. The molecule has 1 N–H and O–H groups in total. The topological polar surface area (TPSA) is 49.0 Å². The highest BCUT2D eigenvalue weighted by Gasteiger charge is 2.18. The molecule has 0 spiro atoms. The van der Waals surface area contributed by atoms with Gasteiger partial charge in [0.1, 0.15) is 12.4 Å². The standard InChI is InChI=1S/C16H25NO4/c1-11(2)17-9-13-7-15-16(21-10-20-15)8-14(13)19-6-5-18-12(3)4/h7-8,11-12,17H,5-6,9-10H2,1-4H3. The van der Waals surface area contributed by atoms with Crippen LogP contribution < -0.4 is 19.5 Å². The van der Waals surface area contributed by atoms with E-state index in [0.29, 0.717) is 19.3 Å². The van der Waals surface area contributed by atoms with Gasteiger partial charge in [0.2, 0.25) is 6.79 Å². The van der Waals surface area contributed by atoms with Crippen molar-refractivity contribution in [1.82, 2.24) is 5.32 Å². The fraction of sp³-hybridized carbons (Fsp3) is 0.625. The van der Waals surface area contributed by atoms with E-state index in [2.05, 4.69) is 19.2 Å². The van der Waals surface area contributed by atoms with Gasteiger partial charge in [-0.3, -0.25) is 0 Å². The lowest BCUT2D eigenvalue weighted by atomic mass is 10.1. The first-order chi connectivity index (χ1) is 10.1. The van der Waals surface area contributed by atoms with E-state index in [4.69, 9.17) is 18.9 Å². The molecule has 1 aliphatic rings. The zero-order chi connectivity index (χ0) is 15.2. The summed E-state index contributed by atoms with van der Waals surface area (Å²) in [5.41, 5.74) is 1.07. The molecule has 0 fully saturated rings. The quantitative estimate of drug-likeness (QED) is 0.747. The molecule has 0 atom stereocenters. The summed E-state index contributed by atoms with van der Waals surface area (Å²) in [6.07, 6.45) is 0.215. The number of nitrogens with one attached hydrogen (secondary N) is 1. The third kappa shape index (κ3) is 4.79. The first-order valence-corrected chi connectivity index (χ1v) is 7.46. The van der Waals surface area contributed by atoms with Crippen LogP contribution in [0, 0.1) is 0 Å². The number of fused-ring (bicyclic) bond motifs is 1. The van der Waals surface area contributed by atoms with Crippen LogP contribution in [0.25, 0.3) is 0 Å². The number of benzene rings is 1. The van der Waals surface area contributed by atoms with Gasteiger partial charge in [0.25, 0.3) is 0 Å². The van der Waals surface area contributed by atoms with Crippen molar-refractivity contribution in [2.75, 3.05) is 20.0 Å². The fourth-order valence-corrected chi connectivity index (χ4v) is 1.99. The molecule has 0 unspecified atom stereocenters. The van der Waals surface area contributed by atoms with Crippen LogP contribution in [-0.4, -0.2) is 32.2 Å². The van der Waals surface area contributed by atoms with Gasteiger partial charge in [-0.15, -0.1) is 0 Å². The van der Waals surface area contributed by atoms with Crippen LogP contribution >= 0.6 is 0 Å². The maximum absolute atomic E-state index is 5.84. The van der Waals surface area contributed by atoms with Gasteiger partial charge in [-0.2, -0.15) is 0 Å². The minimum absolute atomic E-state index is 0.215. The van der Waals surface area contributed by atoms with Gasteiger partial charge in [-0.1, -0.05) is 13.8 Å². The lowest BCUT2D eigenvalue weighted by Gasteiger charge is -2.15. The molecule has 0 radical (unpaired) electrons. The van der Waals surface area contributed by atoms with E-state index in [1.807, 2.05) is 26.0 Å².